The molecule has 2 heterocycles. The van der Waals surface area contributed by atoms with E-state index in [9.17, 15) is 8.42 Å². The zero-order chi connectivity index (χ0) is 22.0. The lowest BCUT2D eigenvalue weighted by Gasteiger charge is -2.10. The van der Waals surface area contributed by atoms with Crippen molar-refractivity contribution in [1.82, 2.24) is 24.5 Å². The summed E-state index contributed by atoms with van der Waals surface area (Å²) in [6, 6.07) is 14.7. The molecule has 4 aromatic rings. The molecule has 12 heteroatoms. The average molecular weight is 499 g/mol. The van der Waals surface area contributed by atoms with Crippen LogP contribution in [0, 0.1) is 0 Å². The molecule has 31 heavy (non-hydrogen) atoms. The zero-order valence-electron chi connectivity index (χ0n) is 15.7. The molecule has 0 unspecified atom stereocenters. The monoisotopic (exact) mass is 497 g/mol. The van der Waals surface area contributed by atoms with Crippen molar-refractivity contribution < 1.29 is 13.2 Å². The van der Waals surface area contributed by atoms with Crippen LogP contribution in [0.2, 0.25) is 15.1 Å². The minimum Gasteiger partial charge on any atom is -0.475 e. The quantitative estimate of drug-likeness (QED) is 0.385. The minimum absolute atomic E-state index is 0.00948. The van der Waals surface area contributed by atoms with Crippen LogP contribution in [-0.4, -0.2) is 41.4 Å². The van der Waals surface area contributed by atoms with Crippen LogP contribution in [0.25, 0.3) is 17.0 Å². The number of sulfonamides is 1. The molecule has 4 rings (SSSR count). The Bertz CT molecular complexity index is 1360. The van der Waals surface area contributed by atoms with Crippen molar-refractivity contribution in [3.63, 3.8) is 0 Å². The summed E-state index contributed by atoms with van der Waals surface area (Å²) < 4.78 is 34.4. The van der Waals surface area contributed by atoms with Crippen LogP contribution in [0.15, 0.2) is 59.5 Å². The van der Waals surface area contributed by atoms with E-state index in [-0.39, 0.29) is 34.0 Å². The fraction of sp³-hybridized carbons (Fsp3) is 0.105. The van der Waals surface area contributed by atoms with Crippen molar-refractivity contribution in [2.75, 3.05) is 13.2 Å². The van der Waals surface area contributed by atoms with Gasteiger partial charge in [0.2, 0.25) is 15.9 Å². The number of fused-ring (bicyclic) bond motifs is 1. The van der Waals surface area contributed by atoms with Gasteiger partial charge in [0.1, 0.15) is 11.5 Å². The van der Waals surface area contributed by atoms with Gasteiger partial charge in [0, 0.05) is 23.2 Å². The summed E-state index contributed by atoms with van der Waals surface area (Å²) in [5.41, 5.74) is 1.19. The summed E-state index contributed by atoms with van der Waals surface area (Å²) in [6.07, 6.45) is 0. The molecule has 8 nitrogen and oxygen atoms in total. The average Bonchev–Trinajstić information content (AvgIpc) is 3.16. The maximum absolute atomic E-state index is 12.4. The summed E-state index contributed by atoms with van der Waals surface area (Å²) in [4.78, 5) is -0.102. The van der Waals surface area contributed by atoms with Crippen LogP contribution in [0.4, 0.5) is 0 Å². The Hall–Kier alpha value is -2.43. The first-order chi connectivity index (χ1) is 14.8. The van der Waals surface area contributed by atoms with Crippen molar-refractivity contribution in [2.24, 2.45) is 0 Å². The lowest BCUT2D eigenvalue weighted by Crippen LogP contribution is -2.28. The third-order valence-corrected chi connectivity index (χ3v) is 6.69. The number of rotatable bonds is 7. The molecule has 160 valence electrons. The van der Waals surface area contributed by atoms with Gasteiger partial charge < -0.3 is 4.74 Å². The van der Waals surface area contributed by atoms with Crippen molar-refractivity contribution in [1.29, 1.82) is 0 Å². The number of ether oxygens (including phenoxy) is 1. The molecular weight excluding hydrogens is 485 g/mol. The number of nitrogens with zero attached hydrogens (tertiary/aromatic N) is 4. The summed E-state index contributed by atoms with van der Waals surface area (Å²) in [6.45, 7) is 0.0178. The maximum Gasteiger partial charge on any atom is 0.242 e. The Morgan fingerprint density at radius 1 is 0.968 bits per heavy atom. The van der Waals surface area contributed by atoms with Crippen LogP contribution in [0.3, 0.4) is 0 Å². The lowest BCUT2D eigenvalue weighted by molar-refractivity contribution is 0.306. The van der Waals surface area contributed by atoms with E-state index in [1.165, 1.54) is 22.7 Å². The summed E-state index contributed by atoms with van der Waals surface area (Å²) in [7, 11) is -3.85. The number of hydrogen-bond acceptors (Lipinski definition) is 6. The highest BCUT2D eigenvalue weighted by Crippen LogP contribution is 2.27. The second kappa shape index (κ2) is 8.97. The van der Waals surface area contributed by atoms with E-state index >= 15 is 0 Å². The Balaban J connectivity index is 1.46. The van der Waals surface area contributed by atoms with Crippen molar-refractivity contribution in [2.45, 2.75) is 4.90 Å². The van der Waals surface area contributed by atoms with Crippen LogP contribution < -0.4 is 9.46 Å². The molecule has 2 aromatic carbocycles. The van der Waals surface area contributed by atoms with E-state index in [1.807, 2.05) is 18.2 Å². The van der Waals surface area contributed by atoms with E-state index in [1.54, 1.807) is 18.2 Å². The van der Waals surface area contributed by atoms with Crippen LogP contribution in [-0.2, 0) is 10.0 Å². The molecule has 1 N–H and O–H groups in total. The van der Waals surface area contributed by atoms with Gasteiger partial charge in [-0.15, -0.1) is 15.3 Å². The van der Waals surface area contributed by atoms with Gasteiger partial charge in [0.15, 0.2) is 11.5 Å². The SMILES string of the molecule is O=S(=O)(NCCOc1ccc2nnc(-c3ccccc3Cl)n2n1)c1cc(Cl)ccc1Cl. The molecule has 0 radical (unpaired) electrons. The van der Waals surface area contributed by atoms with Gasteiger partial charge in [-0.25, -0.2) is 13.1 Å². The predicted octanol–water partition coefficient (Wildman–Crippen LogP) is 4.11. The predicted molar refractivity (Wildman–Crippen MR) is 118 cm³/mol. The molecule has 0 saturated carbocycles. The van der Waals surface area contributed by atoms with Crippen molar-refractivity contribution in [3.05, 3.63) is 69.7 Å². The molecule has 0 amide bonds. The molecule has 0 aliphatic heterocycles. The summed E-state index contributed by atoms with van der Waals surface area (Å²) >= 11 is 18.1. The Morgan fingerprint density at radius 3 is 2.58 bits per heavy atom. The molecule has 0 saturated heterocycles. The highest BCUT2D eigenvalue weighted by molar-refractivity contribution is 7.89. The summed E-state index contributed by atoms with van der Waals surface area (Å²) in [5, 5.41) is 13.4. The molecule has 0 bridgehead atoms. The molecule has 0 atom stereocenters. The van der Waals surface area contributed by atoms with Gasteiger partial charge in [-0.3, -0.25) is 0 Å². The number of halogens is 3. The van der Waals surface area contributed by atoms with Crippen molar-refractivity contribution >= 4 is 50.5 Å². The maximum atomic E-state index is 12.4. The van der Waals surface area contributed by atoms with E-state index in [0.29, 0.717) is 22.1 Å². The van der Waals surface area contributed by atoms with E-state index < -0.39 is 10.0 Å². The van der Waals surface area contributed by atoms with E-state index in [4.69, 9.17) is 39.5 Å². The molecule has 0 spiro atoms. The smallest absolute Gasteiger partial charge is 0.242 e. The second-order valence-corrected chi connectivity index (χ2v) is 9.25. The highest BCUT2D eigenvalue weighted by Gasteiger charge is 2.18. The first-order valence-corrected chi connectivity index (χ1v) is 11.5. The van der Waals surface area contributed by atoms with Gasteiger partial charge >= 0.3 is 0 Å². The van der Waals surface area contributed by atoms with Crippen molar-refractivity contribution in [3.8, 4) is 17.3 Å². The van der Waals surface area contributed by atoms with Crippen LogP contribution in [0.1, 0.15) is 0 Å². The van der Waals surface area contributed by atoms with Crippen LogP contribution in [0.5, 0.6) is 5.88 Å². The van der Waals surface area contributed by atoms with E-state index in [2.05, 4.69) is 20.0 Å². The normalized spacial score (nSPS) is 11.7. The Kier molecular flexibility index (Phi) is 6.31. The molecule has 0 aliphatic rings. The molecule has 2 aromatic heterocycles. The van der Waals surface area contributed by atoms with Gasteiger partial charge in [0.25, 0.3) is 0 Å². The number of nitrogens with one attached hydrogen (secondary N) is 1. The lowest BCUT2D eigenvalue weighted by atomic mass is 10.2. The van der Waals surface area contributed by atoms with E-state index in [0.717, 1.165) is 0 Å². The molecule has 0 fully saturated rings. The number of benzene rings is 2. The first kappa shape index (κ1) is 21.8. The molecule has 0 aliphatic carbocycles. The van der Waals surface area contributed by atoms with Crippen LogP contribution >= 0.6 is 34.8 Å². The zero-order valence-corrected chi connectivity index (χ0v) is 18.8. The third kappa shape index (κ3) is 4.76. The fourth-order valence-electron chi connectivity index (χ4n) is 2.75. The Morgan fingerprint density at radius 2 is 1.77 bits per heavy atom. The number of aromatic nitrogens is 4. The Labute approximate surface area is 192 Å². The topological polar surface area (TPSA) is 98.5 Å². The second-order valence-electron chi connectivity index (χ2n) is 6.27. The van der Waals surface area contributed by atoms with Gasteiger partial charge in [-0.1, -0.05) is 46.9 Å². The standard InChI is InChI=1S/C19H14Cl3N5O3S/c20-12-5-6-15(22)16(11-12)31(28,29)23-9-10-30-18-8-7-17-24-25-19(27(17)26-18)13-3-1-2-4-14(13)21/h1-8,11,23H,9-10H2. The van der Waals surface area contributed by atoms with Gasteiger partial charge in [0.05, 0.1) is 10.0 Å². The highest BCUT2D eigenvalue weighted by atomic mass is 35.5. The largest absolute Gasteiger partial charge is 0.475 e. The first-order valence-electron chi connectivity index (χ1n) is 8.90. The number of hydrogen-bond donors (Lipinski definition) is 1. The third-order valence-electron chi connectivity index (χ3n) is 4.18. The minimum atomic E-state index is -3.85. The summed E-state index contributed by atoms with van der Waals surface area (Å²) in [5.74, 6) is 0.725. The fourth-order valence-corrected chi connectivity index (χ4v) is 4.75. The molecular formula is C19H14Cl3N5O3S. The van der Waals surface area contributed by atoms with Gasteiger partial charge in [-0.2, -0.15) is 4.52 Å². The van der Waals surface area contributed by atoms with Gasteiger partial charge in [-0.05, 0) is 36.4 Å².